The summed E-state index contributed by atoms with van der Waals surface area (Å²) in [6.07, 6.45) is 1.98. The first-order valence-corrected chi connectivity index (χ1v) is 21.7. The Balaban J connectivity index is 0.977. The van der Waals surface area contributed by atoms with Crippen LogP contribution in [0.2, 0.25) is 0 Å². The molecule has 3 aromatic heterocycles. The lowest BCUT2D eigenvalue weighted by molar-refractivity contribution is 0.665. The minimum absolute atomic E-state index is 0.267. The van der Waals surface area contributed by atoms with Crippen LogP contribution >= 0.6 is 22.7 Å². The van der Waals surface area contributed by atoms with Gasteiger partial charge in [0.15, 0.2) is 0 Å². The Bertz CT molecular complexity index is 3670. The number of thiophene rings is 2. The molecule has 1 atom stereocenters. The van der Waals surface area contributed by atoms with Gasteiger partial charge in [-0.15, -0.1) is 22.7 Å². The molecule has 12 aromatic rings. The lowest BCUT2D eigenvalue weighted by Crippen LogP contribution is -2.24. The van der Waals surface area contributed by atoms with Gasteiger partial charge < -0.3 is 9.88 Å². The zero-order chi connectivity index (χ0) is 38.6. The van der Waals surface area contributed by atoms with Crippen LogP contribution in [-0.2, 0) is 0 Å². The number of aromatic nitrogens is 1. The average Bonchev–Trinajstić information content (AvgIpc) is 3.98. The quantitative estimate of drug-likeness (QED) is 0.189. The van der Waals surface area contributed by atoms with Gasteiger partial charge >= 0.3 is 0 Å². The zero-order valence-electron chi connectivity index (χ0n) is 31.7. The third-order valence-corrected chi connectivity index (χ3v) is 14.6. The van der Waals surface area contributed by atoms with Crippen molar-refractivity contribution < 1.29 is 0 Å². The molecule has 1 N–H and O–H groups in total. The molecule has 13 rings (SSSR count). The fraction of sp³-hybridized carbons (Fsp3) is 0.0185. The lowest BCUT2D eigenvalue weighted by Gasteiger charge is -2.25. The Morgan fingerprint density at radius 2 is 1.07 bits per heavy atom. The first-order chi connectivity index (χ1) is 29.2. The van der Waals surface area contributed by atoms with Crippen LogP contribution in [0.25, 0.3) is 95.1 Å². The molecule has 0 bridgehead atoms. The molecule has 0 amide bonds. The van der Waals surface area contributed by atoms with E-state index in [4.69, 9.17) is 4.99 Å². The fourth-order valence-electron chi connectivity index (χ4n) is 9.49. The molecule has 1 aliphatic rings. The number of aliphatic imine (C=N–C) groups is 1. The molecular weight excluding hydrogens is 755 g/mol. The number of rotatable bonds is 4. The monoisotopic (exact) mass is 787 g/mol. The van der Waals surface area contributed by atoms with Gasteiger partial charge in [0, 0.05) is 68.1 Å². The summed E-state index contributed by atoms with van der Waals surface area (Å²) in [6, 6.07) is 66.7. The third-order valence-electron chi connectivity index (χ3n) is 12.2. The molecule has 0 aliphatic carbocycles. The predicted octanol–water partition coefficient (Wildman–Crippen LogP) is 15.0. The Hall–Kier alpha value is -7.05. The summed E-state index contributed by atoms with van der Waals surface area (Å²) in [5.41, 5.74) is 9.02. The van der Waals surface area contributed by atoms with Crippen LogP contribution in [0.5, 0.6) is 0 Å². The van der Waals surface area contributed by atoms with E-state index in [0.717, 1.165) is 33.8 Å². The van der Waals surface area contributed by atoms with Crippen LogP contribution in [0.1, 0.15) is 22.9 Å². The average molecular weight is 788 g/mol. The molecule has 5 heteroatoms. The van der Waals surface area contributed by atoms with Crippen LogP contribution in [0.3, 0.4) is 0 Å². The van der Waals surface area contributed by atoms with Crippen LogP contribution in [0, 0.1) is 0 Å². The third kappa shape index (κ3) is 5.02. The summed E-state index contributed by atoms with van der Waals surface area (Å²) in [4.78, 5) is 5.50. The molecule has 276 valence electrons. The van der Waals surface area contributed by atoms with E-state index in [1.165, 1.54) is 83.7 Å². The van der Waals surface area contributed by atoms with Crippen molar-refractivity contribution in [1.82, 2.24) is 9.88 Å². The molecular formula is C54H33N3S2. The standard InChI is InChI=1S/C54H33N3S2/c1-3-12-37-32(10-1)22-27-46-51(37)52-38-13-4-2-11-33(38)23-28-47(52)57(46)36-25-20-34(21-26-36)44-31-45(42-17-9-16-41-39-14-5-8-19-49(39)59-53(41)42)56-54(55-44)35-24-29-50-43(30-35)40-15-6-7-18-48(40)58-50/h1-31,54-55H. The first kappa shape index (κ1) is 33.0. The van der Waals surface area contributed by atoms with E-state index in [2.05, 4.69) is 198 Å². The Morgan fingerprint density at radius 3 is 1.78 bits per heavy atom. The molecule has 3 nitrogen and oxygen atoms in total. The number of benzene rings is 9. The van der Waals surface area contributed by atoms with Gasteiger partial charge in [-0.1, -0.05) is 133 Å². The molecule has 0 saturated heterocycles. The Morgan fingerprint density at radius 1 is 0.475 bits per heavy atom. The van der Waals surface area contributed by atoms with Gasteiger partial charge in [-0.25, -0.2) is 0 Å². The fourth-order valence-corrected chi connectivity index (χ4v) is 11.8. The minimum Gasteiger partial charge on any atom is -0.360 e. The Kier molecular flexibility index (Phi) is 7.11. The molecule has 59 heavy (non-hydrogen) atoms. The SMILES string of the molecule is C1=C(c2ccc(-n3c4ccc5ccccc5c4c4c5ccccc5ccc43)cc2)NC(c2ccc3sc4ccccc4c3c2)N=C1c1cccc2c1sc1ccccc12. The van der Waals surface area contributed by atoms with Crippen LogP contribution in [0.15, 0.2) is 193 Å². The Labute approximate surface area is 347 Å². The summed E-state index contributed by atoms with van der Waals surface area (Å²) in [7, 11) is 0. The van der Waals surface area contributed by atoms with E-state index in [1.54, 1.807) is 0 Å². The highest BCUT2D eigenvalue weighted by Crippen LogP contribution is 2.42. The van der Waals surface area contributed by atoms with Crippen LogP contribution in [-0.4, -0.2) is 10.3 Å². The smallest absolute Gasteiger partial charge is 0.145 e. The maximum absolute atomic E-state index is 5.50. The number of hydrogen-bond donors (Lipinski definition) is 1. The highest BCUT2D eigenvalue weighted by Gasteiger charge is 2.23. The summed E-state index contributed by atoms with van der Waals surface area (Å²) >= 11 is 3.70. The maximum Gasteiger partial charge on any atom is 0.145 e. The summed E-state index contributed by atoms with van der Waals surface area (Å²) in [6.45, 7) is 0. The number of allylic oxidation sites excluding steroid dienone is 1. The van der Waals surface area contributed by atoms with E-state index in [9.17, 15) is 0 Å². The number of fused-ring (bicyclic) bond motifs is 13. The topological polar surface area (TPSA) is 29.3 Å². The van der Waals surface area contributed by atoms with Gasteiger partial charge in [0.2, 0.25) is 0 Å². The maximum atomic E-state index is 5.50. The van der Waals surface area contributed by atoms with E-state index in [0.29, 0.717) is 0 Å². The highest BCUT2D eigenvalue weighted by molar-refractivity contribution is 7.26. The van der Waals surface area contributed by atoms with E-state index in [1.807, 2.05) is 22.7 Å². The molecule has 1 aliphatic heterocycles. The molecule has 0 saturated carbocycles. The second kappa shape index (κ2) is 12.7. The molecule has 0 radical (unpaired) electrons. The van der Waals surface area contributed by atoms with E-state index < -0.39 is 0 Å². The molecule has 0 spiro atoms. The highest BCUT2D eigenvalue weighted by atomic mass is 32.1. The van der Waals surface area contributed by atoms with Gasteiger partial charge in [0.05, 0.1) is 16.7 Å². The number of nitrogens with zero attached hydrogens (tertiary/aromatic N) is 2. The lowest BCUT2D eigenvalue weighted by atomic mass is 10.00. The van der Waals surface area contributed by atoms with E-state index >= 15 is 0 Å². The van der Waals surface area contributed by atoms with Gasteiger partial charge in [-0.2, -0.15) is 0 Å². The summed E-state index contributed by atoms with van der Waals surface area (Å²) < 4.78 is 7.60. The van der Waals surface area contributed by atoms with Crippen LogP contribution < -0.4 is 5.32 Å². The summed E-state index contributed by atoms with van der Waals surface area (Å²) in [5, 5.41) is 16.7. The molecule has 4 heterocycles. The second-order valence-corrected chi connectivity index (χ2v) is 17.6. The van der Waals surface area contributed by atoms with Gasteiger partial charge in [-0.3, -0.25) is 4.99 Å². The van der Waals surface area contributed by atoms with Crippen molar-refractivity contribution in [2.45, 2.75) is 6.17 Å². The van der Waals surface area contributed by atoms with Crippen molar-refractivity contribution in [1.29, 1.82) is 0 Å². The van der Waals surface area contributed by atoms with Crippen molar-refractivity contribution in [2.75, 3.05) is 0 Å². The molecule has 1 unspecified atom stereocenters. The predicted molar refractivity (Wildman–Crippen MR) is 255 cm³/mol. The van der Waals surface area contributed by atoms with Crippen molar-refractivity contribution >= 4 is 118 Å². The van der Waals surface area contributed by atoms with Gasteiger partial charge in [0.1, 0.15) is 6.17 Å². The van der Waals surface area contributed by atoms with Gasteiger partial charge in [0.25, 0.3) is 0 Å². The first-order valence-electron chi connectivity index (χ1n) is 20.1. The zero-order valence-corrected chi connectivity index (χ0v) is 33.3. The van der Waals surface area contributed by atoms with Crippen molar-refractivity contribution in [3.8, 4) is 5.69 Å². The van der Waals surface area contributed by atoms with Crippen LogP contribution in [0.4, 0.5) is 0 Å². The number of hydrogen-bond acceptors (Lipinski definition) is 4. The van der Waals surface area contributed by atoms with Crippen molar-refractivity contribution in [3.05, 3.63) is 205 Å². The molecule has 0 fully saturated rings. The van der Waals surface area contributed by atoms with Gasteiger partial charge in [-0.05, 0) is 87.3 Å². The molecule has 9 aromatic carbocycles. The largest absolute Gasteiger partial charge is 0.360 e. The minimum atomic E-state index is -0.267. The number of nitrogens with one attached hydrogen (secondary N) is 1. The second-order valence-electron chi connectivity index (χ2n) is 15.5. The summed E-state index contributed by atoms with van der Waals surface area (Å²) in [5.74, 6) is 0. The van der Waals surface area contributed by atoms with E-state index in [-0.39, 0.29) is 6.17 Å². The normalized spacial score (nSPS) is 14.6. The van der Waals surface area contributed by atoms with Crippen molar-refractivity contribution in [2.24, 2.45) is 4.99 Å². The van der Waals surface area contributed by atoms with Crippen molar-refractivity contribution in [3.63, 3.8) is 0 Å².